The minimum absolute atomic E-state index is 0.0582. The van der Waals surface area contributed by atoms with Gasteiger partial charge in [-0.05, 0) is 24.3 Å². The number of benzene rings is 4. The Kier molecular flexibility index (Phi) is 12.6. The average Bonchev–Trinajstić information content (AvgIpc) is 3.15. The van der Waals surface area contributed by atoms with E-state index in [1.165, 1.54) is 0 Å². The maximum atomic E-state index is 11.9. The largest absolute Gasteiger partial charge is 0.386 e. The SMILES string of the molecule is O=C(OOC(=O)c1cc([N+](=O)[O-])cc([N+](=O)[O-])c1)c1cc([N+](=O)[O-])cc([N+](=O)[O-])c1.O=C(OOC(=O)c1ccc([N+](=O)[O-])cc1)c1ccc([N+](=O)[O-])cc1. The summed E-state index contributed by atoms with van der Waals surface area (Å²) < 4.78 is 0. The summed E-state index contributed by atoms with van der Waals surface area (Å²) in [5.74, 6) is -5.15. The Balaban J connectivity index is 0.000000297. The smallest absolute Gasteiger partial charge is 0.258 e. The fourth-order valence-corrected chi connectivity index (χ4v) is 3.63. The lowest BCUT2D eigenvalue weighted by atomic mass is 10.2. The van der Waals surface area contributed by atoms with Crippen molar-refractivity contribution in [3.8, 4) is 0 Å². The minimum Gasteiger partial charge on any atom is -0.258 e. The van der Waals surface area contributed by atoms with E-state index in [1.54, 1.807) is 0 Å². The van der Waals surface area contributed by atoms with Gasteiger partial charge in [0, 0.05) is 48.5 Å². The number of non-ortho nitro benzene ring substituents is 6. The summed E-state index contributed by atoms with van der Waals surface area (Å²) in [6, 6.07) is 12.5. The van der Waals surface area contributed by atoms with Gasteiger partial charge in [0.25, 0.3) is 34.1 Å². The molecule has 0 aliphatic carbocycles. The summed E-state index contributed by atoms with van der Waals surface area (Å²) in [7, 11) is 0. The monoisotopic (exact) mass is 754 g/mol. The van der Waals surface area contributed by atoms with Gasteiger partial charge in [0.15, 0.2) is 0 Å². The number of carbonyl (C=O) groups excluding carboxylic acids is 4. The number of nitro groups is 6. The van der Waals surface area contributed by atoms with Crippen LogP contribution in [-0.2, 0) is 19.6 Å². The number of nitrogens with zero attached hydrogens (tertiary/aromatic N) is 6. The molecule has 0 spiro atoms. The van der Waals surface area contributed by atoms with Crippen molar-refractivity contribution in [3.63, 3.8) is 0 Å². The van der Waals surface area contributed by atoms with Gasteiger partial charge in [-0.25, -0.2) is 38.7 Å². The number of nitro benzene ring substituents is 6. The first kappa shape index (κ1) is 39.6. The van der Waals surface area contributed by atoms with Crippen LogP contribution in [0.25, 0.3) is 0 Å². The fourth-order valence-electron chi connectivity index (χ4n) is 3.63. The Morgan fingerprint density at radius 2 is 0.519 bits per heavy atom. The zero-order valence-electron chi connectivity index (χ0n) is 25.9. The highest BCUT2D eigenvalue weighted by molar-refractivity contribution is 5.94. The summed E-state index contributed by atoms with van der Waals surface area (Å²) >= 11 is 0. The van der Waals surface area contributed by atoms with Crippen LogP contribution >= 0.6 is 0 Å². The van der Waals surface area contributed by atoms with Crippen LogP contribution in [0.5, 0.6) is 0 Å². The highest BCUT2D eigenvalue weighted by Gasteiger charge is 2.25. The lowest BCUT2D eigenvalue weighted by Crippen LogP contribution is -2.13. The predicted octanol–water partition coefficient (Wildman–Crippen LogP) is 4.68. The van der Waals surface area contributed by atoms with Crippen LogP contribution in [-0.4, -0.2) is 53.4 Å². The van der Waals surface area contributed by atoms with Crippen LogP contribution in [0, 0.1) is 60.7 Å². The number of hydrogen-bond donors (Lipinski definition) is 0. The van der Waals surface area contributed by atoms with E-state index in [-0.39, 0.29) is 22.5 Å². The highest BCUT2D eigenvalue weighted by Crippen LogP contribution is 2.25. The third-order valence-electron chi connectivity index (χ3n) is 6.13. The van der Waals surface area contributed by atoms with Crippen molar-refractivity contribution in [1.82, 2.24) is 0 Å². The topological polar surface area (TPSA) is 364 Å². The minimum atomic E-state index is -1.55. The zero-order valence-corrected chi connectivity index (χ0v) is 25.9. The summed E-state index contributed by atoms with van der Waals surface area (Å²) in [6.07, 6.45) is 0. The van der Waals surface area contributed by atoms with Crippen LogP contribution in [0.15, 0.2) is 84.9 Å². The molecule has 0 aromatic heterocycles. The fraction of sp³-hybridized carbons (Fsp3) is 0. The molecule has 4 aromatic carbocycles. The molecule has 276 valence electrons. The van der Waals surface area contributed by atoms with Crippen molar-refractivity contribution in [1.29, 1.82) is 0 Å². The highest BCUT2D eigenvalue weighted by atomic mass is 17.2. The lowest BCUT2D eigenvalue weighted by Gasteiger charge is -2.04. The Morgan fingerprint density at radius 1 is 0.315 bits per heavy atom. The molecule has 4 rings (SSSR count). The number of hydrogen-bond acceptors (Lipinski definition) is 20. The van der Waals surface area contributed by atoms with Gasteiger partial charge in [0.05, 0.1) is 63.9 Å². The van der Waals surface area contributed by atoms with Crippen molar-refractivity contribution >= 4 is 58.0 Å². The Hall–Kier alpha value is -8.84. The third kappa shape index (κ3) is 10.6. The van der Waals surface area contributed by atoms with E-state index in [0.717, 1.165) is 48.5 Å². The van der Waals surface area contributed by atoms with Crippen molar-refractivity contribution < 1.29 is 68.3 Å². The molecule has 0 saturated heterocycles. The molecule has 0 amide bonds. The zero-order chi connectivity index (χ0) is 40.3. The first-order valence-corrected chi connectivity index (χ1v) is 13.6. The van der Waals surface area contributed by atoms with Gasteiger partial charge in [-0.1, -0.05) is 0 Å². The molecule has 0 atom stereocenters. The second-order valence-electron chi connectivity index (χ2n) is 9.60. The van der Waals surface area contributed by atoms with Gasteiger partial charge < -0.3 is 0 Å². The molecule has 26 heteroatoms. The second-order valence-corrected chi connectivity index (χ2v) is 9.60. The summed E-state index contributed by atoms with van der Waals surface area (Å²) in [5, 5.41) is 64.2. The van der Waals surface area contributed by atoms with Crippen LogP contribution < -0.4 is 0 Å². The van der Waals surface area contributed by atoms with Gasteiger partial charge >= 0.3 is 23.9 Å². The molecular formula is C28H14N6O20. The van der Waals surface area contributed by atoms with Crippen LogP contribution in [0.1, 0.15) is 41.4 Å². The Bertz CT molecular complexity index is 2000. The van der Waals surface area contributed by atoms with E-state index >= 15 is 0 Å². The molecule has 0 radical (unpaired) electrons. The van der Waals surface area contributed by atoms with E-state index in [4.69, 9.17) is 0 Å². The first-order valence-electron chi connectivity index (χ1n) is 13.6. The normalized spacial score (nSPS) is 9.93. The van der Waals surface area contributed by atoms with Crippen LogP contribution in [0.3, 0.4) is 0 Å². The maximum Gasteiger partial charge on any atom is 0.386 e. The molecule has 0 unspecified atom stereocenters. The van der Waals surface area contributed by atoms with Gasteiger partial charge in [0.1, 0.15) is 0 Å². The van der Waals surface area contributed by atoms with Crippen molar-refractivity contribution in [2.45, 2.75) is 0 Å². The van der Waals surface area contributed by atoms with E-state index in [9.17, 15) is 79.9 Å². The van der Waals surface area contributed by atoms with Crippen molar-refractivity contribution in [3.05, 3.63) is 168 Å². The van der Waals surface area contributed by atoms with Gasteiger partial charge in [-0.15, -0.1) is 0 Å². The lowest BCUT2D eigenvalue weighted by molar-refractivity contribution is -0.394. The molecule has 0 bridgehead atoms. The van der Waals surface area contributed by atoms with Crippen LogP contribution in [0.2, 0.25) is 0 Å². The summed E-state index contributed by atoms with van der Waals surface area (Å²) in [5.41, 5.74) is -5.26. The molecule has 4 aromatic rings. The second kappa shape index (κ2) is 17.2. The molecule has 26 nitrogen and oxygen atoms in total. The predicted molar refractivity (Wildman–Crippen MR) is 167 cm³/mol. The Morgan fingerprint density at radius 3 is 0.722 bits per heavy atom. The quantitative estimate of drug-likeness (QED) is 0.120. The molecule has 0 aliphatic heterocycles. The first-order chi connectivity index (χ1) is 25.4. The van der Waals surface area contributed by atoms with Gasteiger partial charge in [-0.3, -0.25) is 60.7 Å². The molecule has 54 heavy (non-hydrogen) atoms. The molecular weight excluding hydrogens is 740 g/mol. The molecule has 0 N–H and O–H groups in total. The van der Waals surface area contributed by atoms with E-state index in [1.807, 2.05) is 0 Å². The number of rotatable bonds is 10. The van der Waals surface area contributed by atoms with E-state index < -0.39 is 87.3 Å². The van der Waals surface area contributed by atoms with E-state index in [0.29, 0.717) is 36.4 Å². The van der Waals surface area contributed by atoms with Gasteiger partial charge in [-0.2, -0.15) is 0 Å². The molecule has 0 saturated carbocycles. The van der Waals surface area contributed by atoms with Crippen LogP contribution in [0.4, 0.5) is 34.1 Å². The summed E-state index contributed by atoms with van der Waals surface area (Å²) in [4.78, 5) is 123. The number of carbonyl (C=O) groups is 4. The maximum absolute atomic E-state index is 11.9. The van der Waals surface area contributed by atoms with Gasteiger partial charge in [0.2, 0.25) is 0 Å². The molecule has 0 heterocycles. The third-order valence-corrected chi connectivity index (χ3v) is 6.13. The average molecular weight is 754 g/mol. The molecule has 0 fully saturated rings. The standard InChI is InChI=1S/C14H6N4O12.C14H8N2O8/c19-13(7-1-9(15(21)22)5-10(2-7)16(23)24)29-30-14(20)8-3-11(17(25)26)6-12(4-8)18(27)28;17-13(9-1-5-11(6-2-9)15(19)20)23-24-14(18)10-3-7-12(8-4-10)16(21)22/h1-6H;1-8H. The molecule has 0 aliphatic rings. The van der Waals surface area contributed by atoms with Crippen molar-refractivity contribution in [2.24, 2.45) is 0 Å². The summed E-state index contributed by atoms with van der Waals surface area (Å²) in [6.45, 7) is 0. The van der Waals surface area contributed by atoms with Crippen molar-refractivity contribution in [2.75, 3.05) is 0 Å². The Labute approximate surface area is 294 Å². The van der Waals surface area contributed by atoms with E-state index in [2.05, 4.69) is 19.6 Å².